The fourth-order valence-electron chi connectivity index (χ4n) is 3.17. The number of nitrogens with zero attached hydrogens (tertiary/aromatic N) is 2. The highest BCUT2D eigenvalue weighted by atomic mass is 32.1. The first kappa shape index (κ1) is 18.1. The minimum atomic E-state index is -0.242. The number of carbonyl (C=O) groups excluding carboxylic acids is 2. The van der Waals surface area contributed by atoms with Gasteiger partial charge < -0.3 is 10.2 Å². The molecule has 2 heterocycles. The van der Waals surface area contributed by atoms with Crippen LogP contribution in [0.25, 0.3) is 0 Å². The monoisotopic (exact) mass is 389 g/mol. The van der Waals surface area contributed by atoms with Crippen molar-refractivity contribution in [3.8, 4) is 0 Å². The number of benzene rings is 2. The normalized spacial score (nSPS) is 13.5. The molecule has 0 bridgehead atoms. The van der Waals surface area contributed by atoms with Gasteiger partial charge in [-0.1, -0.05) is 30.3 Å². The number of aryl methyl sites for hydroxylation is 1. The predicted octanol–water partition coefficient (Wildman–Crippen LogP) is 4.55. The van der Waals surface area contributed by atoms with Crippen LogP contribution < -0.4 is 10.2 Å². The van der Waals surface area contributed by atoms with E-state index in [1.807, 2.05) is 73.0 Å². The van der Waals surface area contributed by atoms with Crippen LogP contribution in [-0.2, 0) is 9.59 Å². The van der Waals surface area contributed by atoms with Crippen LogP contribution in [0, 0.1) is 6.92 Å². The van der Waals surface area contributed by atoms with E-state index >= 15 is 0 Å². The number of aliphatic imine (C=N–C) groups is 1. The highest BCUT2D eigenvalue weighted by molar-refractivity contribution is 7.12. The molecule has 0 saturated heterocycles. The fourth-order valence-corrected chi connectivity index (χ4v) is 3.88. The molecule has 28 heavy (non-hydrogen) atoms. The molecule has 1 aliphatic heterocycles. The number of para-hydroxylation sites is 2. The summed E-state index contributed by atoms with van der Waals surface area (Å²) in [4.78, 5) is 32.8. The van der Waals surface area contributed by atoms with Crippen molar-refractivity contribution in [2.75, 3.05) is 16.8 Å². The van der Waals surface area contributed by atoms with Crippen LogP contribution in [0.4, 0.5) is 17.1 Å². The van der Waals surface area contributed by atoms with E-state index < -0.39 is 0 Å². The Bertz CT molecular complexity index is 1060. The maximum atomic E-state index is 13.0. The van der Waals surface area contributed by atoms with E-state index in [0.717, 1.165) is 21.8 Å². The van der Waals surface area contributed by atoms with Crippen LogP contribution >= 0.6 is 11.3 Å². The van der Waals surface area contributed by atoms with Gasteiger partial charge in [-0.05, 0) is 48.2 Å². The van der Waals surface area contributed by atoms with Crippen LogP contribution in [0.3, 0.4) is 0 Å². The number of anilines is 2. The lowest BCUT2D eigenvalue weighted by Gasteiger charge is -2.22. The summed E-state index contributed by atoms with van der Waals surface area (Å²) in [6.07, 6.45) is 0.160. The molecule has 0 fully saturated rings. The first-order valence-corrected chi connectivity index (χ1v) is 9.85. The molecule has 0 radical (unpaired) electrons. The van der Waals surface area contributed by atoms with Crippen LogP contribution in [0.15, 0.2) is 71.0 Å². The topological polar surface area (TPSA) is 61.8 Å². The van der Waals surface area contributed by atoms with Gasteiger partial charge >= 0.3 is 0 Å². The summed E-state index contributed by atoms with van der Waals surface area (Å²) >= 11 is 1.55. The Morgan fingerprint density at radius 2 is 2.00 bits per heavy atom. The number of hydrogen-bond donors (Lipinski definition) is 1. The molecular weight excluding hydrogens is 370 g/mol. The Morgan fingerprint density at radius 3 is 2.79 bits per heavy atom. The van der Waals surface area contributed by atoms with Crippen LogP contribution in [0.2, 0.25) is 0 Å². The number of nitrogens with one attached hydrogen (secondary N) is 1. The van der Waals surface area contributed by atoms with Gasteiger partial charge in [0.15, 0.2) is 0 Å². The molecule has 2 amide bonds. The Labute approximate surface area is 167 Å². The van der Waals surface area contributed by atoms with Gasteiger partial charge in [0.1, 0.15) is 6.54 Å². The van der Waals surface area contributed by atoms with Crippen molar-refractivity contribution in [1.29, 1.82) is 0 Å². The average molecular weight is 389 g/mol. The second kappa shape index (κ2) is 7.78. The van der Waals surface area contributed by atoms with Gasteiger partial charge in [-0.15, -0.1) is 11.3 Å². The highest BCUT2D eigenvalue weighted by Crippen LogP contribution is 2.33. The smallest absolute Gasteiger partial charge is 0.244 e. The molecule has 0 atom stereocenters. The van der Waals surface area contributed by atoms with Gasteiger partial charge in [0.2, 0.25) is 11.8 Å². The Kier molecular flexibility index (Phi) is 5.04. The van der Waals surface area contributed by atoms with E-state index in [4.69, 9.17) is 4.99 Å². The minimum absolute atomic E-state index is 0.0585. The van der Waals surface area contributed by atoms with E-state index in [9.17, 15) is 9.59 Å². The second-order valence-electron chi connectivity index (χ2n) is 6.60. The first-order valence-electron chi connectivity index (χ1n) is 8.97. The second-order valence-corrected chi connectivity index (χ2v) is 7.55. The molecule has 0 aliphatic carbocycles. The summed E-state index contributed by atoms with van der Waals surface area (Å²) in [6, 6.07) is 18.9. The number of carbonyl (C=O) groups is 2. The molecule has 1 N–H and O–H groups in total. The van der Waals surface area contributed by atoms with E-state index in [-0.39, 0.29) is 24.8 Å². The number of thiophene rings is 1. The van der Waals surface area contributed by atoms with Crippen molar-refractivity contribution < 1.29 is 9.59 Å². The van der Waals surface area contributed by atoms with Crippen LogP contribution in [0.1, 0.15) is 16.9 Å². The molecule has 0 spiro atoms. The third-order valence-electron chi connectivity index (χ3n) is 4.46. The predicted molar refractivity (Wildman–Crippen MR) is 114 cm³/mol. The number of amides is 2. The molecule has 5 nitrogen and oxygen atoms in total. The fraction of sp³-hybridized carbons (Fsp3) is 0.136. The van der Waals surface area contributed by atoms with Gasteiger partial charge in [-0.3, -0.25) is 9.59 Å². The van der Waals surface area contributed by atoms with Gasteiger partial charge in [0.25, 0.3) is 0 Å². The lowest BCUT2D eigenvalue weighted by atomic mass is 10.2. The molecule has 4 rings (SSSR count). The summed E-state index contributed by atoms with van der Waals surface area (Å²) < 4.78 is 0. The quantitative estimate of drug-likeness (QED) is 0.711. The summed E-state index contributed by atoms with van der Waals surface area (Å²) in [5, 5.41) is 4.84. The van der Waals surface area contributed by atoms with Crippen LogP contribution in [0.5, 0.6) is 0 Å². The third-order valence-corrected chi connectivity index (χ3v) is 5.38. The first-order chi connectivity index (χ1) is 13.6. The maximum absolute atomic E-state index is 13.0. The zero-order chi connectivity index (χ0) is 19.5. The molecule has 140 valence electrons. The van der Waals surface area contributed by atoms with E-state index in [0.29, 0.717) is 11.4 Å². The molecule has 6 heteroatoms. The standard InChI is InChI=1S/C22H19N3O2S/c1-15-6-4-7-16(12-15)23-21(26)14-25-19-9-3-2-8-17(19)24-18(13-22(25)27)20-10-5-11-28-20/h2-12H,13-14H2,1H3,(H,23,26). The molecule has 0 unspecified atom stereocenters. The molecule has 1 aliphatic rings. The zero-order valence-electron chi connectivity index (χ0n) is 15.4. The van der Waals surface area contributed by atoms with Crippen molar-refractivity contribution in [3.05, 3.63) is 76.5 Å². The average Bonchev–Trinajstić information content (AvgIpc) is 3.16. The number of hydrogen-bond acceptors (Lipinski definition) is 4. The Morgan fingerprint density at radius 1 is 1.14 bits per heavy atom. The van der Waals surface area contributed by atoms with E-state index in [2.05, 4.69) is 5.32 Å². The molecule has 2 aromatic carbocycles. The molecule has 0 saturated carbocycles. The van der Waals surface area contributed by atoms with Crippen LogP contribution in [-0.4, -0.2) is 24.1 Å². The largest absolute Gasteiger partial charge is 0.325 e. The van der Waals surface area contributed by atoms with Gasteiger partial charge in [0.05, 0.1) is 23.5 Å². The van der Waals surface area contributed by atoms with Crippen molar-refractivity contribution in [2.24, 2.45) is 4.99 Å². The lowest BCUT2D eigenvalue weighted by molar-refractivity contribution is -0.120. The van der Waals surface area contributed by atoms with Gasteiger partial charge in [-0.2, -0.15) is 0 Å². The number of rotatable bonds is 4. The van der Waals surface area contributed by atoms with Gasteiger partial charge in [0, 0.05) is 10.6 Å². The summed E-state index contributed by atoms with van der Waals surface area (Å²) in [6.45, 7) is 1.91. The molecule has 1 aromatic heterocycles. The maximum Gasteiger partial charge on any atom is 0.244 e. The van der Waals surface area contributed by atoms with Crippen molar-refractivity contribution in [3.63, 3.8) is 0 Å². The SMILES string of the molecule is Cc1cccc(NC(=O)CN2C(=O)CC(c3cccs3)=Nc3ccccc32)c1. The summed E-state index contributed by atoms with van der Waals surface area (Å²) in [7, 11) is 0. The highest BCUT2D eigenvalue weighted by Gasteiger charge is 2.26. The summed E-state index contributed by atoms with van der Waals surface area (Å²) in [5.74, 6) is -0.384. The van der Waals surface area contributed by atoms with E-state index in [1.165, 1.54) is 4.90 Å². The Hall–Kier alpha value is -3.25. The minimum Gasteiger partial charge on any atom is -0.325 e. The van der Waals surface area contributed by atoms with Crippen molar-refractivity contribution in [1.82, 2.24) is 0 Å². The van der Waals surface area contributed by atoms with Crippen molar-refractivity contribution in [2.45, 2.75) is 13.3 Å². The zero-order valence-corrected chi connectivity index (χ0v) is 16.2. The molecular formula is C22H19N3O2S. The lowest BCUT2D eigenvalue weighted by Crippen LogP contribution is -2.38. The number of fused-ring (bicyclic) bond motifs is 1. The van der Waals surface area contributed by atoms with Gasteiger partial charge in [-0.25, -0.2) is 4.99 Å². The Balaban J connectivity index is 1.60. The van der Waals surface area contributed by atoms with Crippen molar-refractivity contribution >= 4 is 45.9 Å². The molecule has 3 aromatic rings. The summed E-state index contributed by atoms with van der Waals surface area (Å²) in [5.41, 5.74) is 3.85. The third kappa shape index (κ3) is 3.87. The van der Waals surface area contributed by atoms with E-state index in [1.54, 1.807) is 11.3 Å².